The number of hydrogen-bond acceptors (Lipinski definition) is 3. The topological polar surface area (TPSA) is 48.6 Å². The Bertz CT molecular complexity index is 658. The SMILES string of the molecule is O=C(Oc1ccc2cc[nH]c2c1)N1CCN2CCC1CC2. The van der Waals surface area contributed by atoms with Crippen molar-refractivity contribution < 1.29 is 9.53 Å². The van der Waals surface area contributed by atoms with Crippen LogP contribution < -0.4 is 4.74 Å². The number of hydrogen-bond donors (Lipinski definition) is 1. The van der Waals surface area contributed by atoms with Crippen molar-refractivity contribution in [1.82, 2.24) is 14.8 Å². The predicted octanol–water partition coefficient (Wildman–Crippen LogP) is 2.45. The Morgan fingerprint density at radius 2 is 2.00 bits per heavy atom. The van der Waals surface area contributed by atoms with Crippen LogP contribution >= 0.6 is 0 Å². The Hall–Kier alpha value is -2.01. The highest BCUT2D eigenvalue weighted by Gasteiger charge is 2.32. The molecule has 21 heavy (non-hydrogen) atoms. The zero-order valence-corrected chi connectivity index (χ0v) is 11.9. The van der Waals surface area contributed by atoms with E-state index in [9.17, 15) is 4.79 Å². The number of carbonyl (C=O) groups is 1. The van der Waals surface area contributed by atoms with Gasteiger partial charge in [0, 0.05) is 50.0 Å². The summed E-state index contributed by atoms with van der Waals surface area (Å²) in [7, 11) is 0. The van der Waals surface area contributed by atoms with Crippen molar-refractivity contribution in [3.05, 3.63) is 30.5 Å². The van der Waals surface area contributed by atoms with E-state index in [4.69, 9.17) is 4.74 Å². The van der Waals surface area contributed by atoms with Crippen LogP contribution in [0.2, 0.25) is 0 Å². The molecule has 1 aromatic carbocycles. The lowest BCUT2D eigenvalue weighted by Gasteiger charge is -2.30. The van der Waals surface area contributed by atoms with E-state index >= 15 is 0 Å². The fraction of sp³-hybridized carbons (Fsp3) is 0.438. The lowest BCUT2D eigenvalue weighted by molar-refractivity contribution is 0.131. The van der Waals surface area contributed by atoms with Crippen LogP contribution in [0, 0.1) is 0 Å². The molecule has 1 aromatic heterocycles. The van der Waals surface area contributed by atoms with Crippen molar-refractivity contribution >= 4 is 17.0 Å². The van der Waals surface area contributed by atoms with Crippen molar-refractivity contribution in [1.29, 1.82) is 0 Å². The summed E-state index contributed by atoms with van der Waals surface area (Å²) in [6, 6.07) is 8.04. The quantitative estimate of drug-likeness (QED) is 0.875. The summed E-state index contributed by atoms with van der Waals surface area (Å²) in [4.78, 5) is 19.9. The number of nitrogens with one attached hydrogen (secondary N) is 1. The van der Waals surface area contributed by atoms with E-state index in [2.05, 4.69) is 9.88 Å². The van der Waals surface area contributed by atoms with Crippen molar-refractivity contribution in [2.75, 3.05) is 26.2 Å². The third-order valence-electron chi connectivity index (χ3n) is 4.62. The maximum atomic E-state index is 12.5. The molecule has 3 fully saturated rings. The van der Waals surface area contributed by atoms with Crippen LogP contribution in [-0.2, 0) is 0 Å². The van der Waals surface area contributed by atoms with Gasteiger partial charge in [-0.1, -0.05) is 0 Å². The predicted molar refractivity (Wildman–Crippen MR) is 80.5 cm³/mol. The minimum atomic E-state index is -0.213. The van der Waals surface area contributed by atoms with Gasteiger partial charge in [0.1, 0.15) is 5.75 Å². The number of benzene rings is 1. The van der Waals surface area contributed by atoms with E-state index in [0.717, 1.165) is 49.9 Å². The summed E-state index contributed by atoms with van der Waals surface area (Å²) >= 11 is 0. The van der Waals surface area contributed by atoms with Crippen molar-refractivity contribution in [2.45, 2.75) is 18.9 Å². The second-order valence-corrected chi connectivity index (χ2v) is 5.86. The summed E-state index contributed by atoms with van der Waals surface area (Å²) in [5, 5.41) is 1.12. The molecule has 5 nitrogen and oxygen atoms in total. The number of piperidine rings is 1. The normalized spacial score (nSPS) is 25.0. The lowest BCUT2D eigenvalue weighted by atomic mass is 10.1. The molecule has 0 radical (unpaired) electrons. The highest BCUT2D eigenvalue weighted by molar-refractivity contribution is 5.82. The van der Waals surface area contributed by atoms with Gasteiger partial charge in [-0.3, -0.25) is 0 Å². The molecule has 110 valence electrons. The number of rotatable bonds is 1. The number of aromatic amines is 1. The van der Waals surface area contributed by atoms with E-state index in [0.29, 0.717) is 11.8 Å². The summed E-state index contributed by atoms with van der Waals surface area (Å²) < 4.78 is 5.59. The lowest BCUT2D eigenvalue weighted by Crippen LogP contribution is -2.43. The van der Waals surface area contributed by atoms with Gasteiger partial charge in [-0.05, 0) is 36.4 Å². The first kappa shape index (κ1) is 12.7. The Balaban J connectivity index is 1.51. The molecule has 2 aromatic rings. The summed E-state index contributed by atoms with van der Waals surface area (Å²) in [5.74, 6) is 0.606. The second-order valence-electron chi connectivity index (χ2n) is 5.86. The smallest absolute Gasteiger partial charge is 0.410 e. The number of H-pyrrole nitrogens is 1. The molecule has 3 aliphatic heterocycles. The van der Waals surface area contributed by atoms with Crippen LogP contribution in [-0.4, -0.2) is 53.1 Å². The maximum Gasteiger partial charge on any atom is 0.415 e. The minimum Gasteiger partial charge on any atom is -0.410 e. The van der Waals surface area contributed by atoms with Crippen molar-refractivity contribution in [3.63, 3.8) is 0 Å². The Kier molecular flexibility index (Phi) is 3.07. The highest BCUT2D eigenvalue weighted by atomic mass is 16.6. The molecule has 3 aliphatic rings. The van der Waals surface area contributed by atoms with Gasteiger partial charge in [0.25, 0.3) is 0 Å². The molecule has 5 rings (SSSR count). The summed E-state index contributed by atoms with van der Waals surface area (Å²) in [6.07, 6.45) is 3.79. The molecule has 0 spiro atoms. The standard InChI is InChI=1S/C16H19N3O2/c20-16(19-10-9-18-7-4-13(19)5-8-18)21-14-2-1-12-3-6-17-15(12)11-14/h1-3,6,11,13,17H,4-5,7-10H2. The molecular weight excluding hydrogens is 266 g/mol. The van der Waals surface area contributed by atoms with Crippen LogP contribution in [0.1, 0.15) is 12.8 Å². The molecule has 0 unspecified atom stereocenters. The molecule has 0 aliphatic carbocycles. The zero-order valence-electron chi connectivity index (χ0n) is 11.9. The molecule has 1 amide bonds. The first-order valence-corrected chi connectivity index (χ1v) is 7.57. The number of carbonyl (C=O) groups excluding carboxylic acids is 1. The van der Waals surface area contributed by atoms with Gasteiger partial charge < -0.3 is 19.5 Å². The van der Waals surface area contributed by atoms with Crippen molar-refractivity contribution in [2.24, 2.45) is 0 Å². The van der Waals surface area contributed by atoms with Gasteiger partial charge in [-0.15, -0.1) is 0 Å². The molecule has 2 bridgehead atoms. The van der Waals surface area contributed by atoms with E-state index in [1.165, 1.54) is 0 Å². The number of ether oxygens (including phenoxy) is 1. The zero-order chi connectivity index (χ0) is 14.2. The second kappa shape index (κ2) is 5.07. The van der Waals surface area contributed by atoms with Gasteiger partial charge in [-0.25, -0.2) is 4.79 Å². The Morgan fingerprint density at radius 1 is 1.14 bits per heavy atom. The first-order valence-electron chi connectivity index (χ1n) is 7.57. The van der Waals surface area contributed by atoms with Crippen molar-refractivity contribution in [3.8, 4) is 5.75 Å². The fourth-order valence-corrected chi connectivity index (χ4v) is 3.38. The van der Waals surface area contributed by atoms with Gasteiger partial charge in [0.15, 0.2) is 0 Å². The van der Waals surface area contributed by atoms with E-state index in [-0.39, 0.29) is 6.09 Å². The van der Waals surface area contributed by atoms with Gasteiger partial charge >= 0.3 is 6.09 Å². The van der Waals surface area contributed by atoms with Crippen LogP contribution in [0.3, 0.4) is 0 Å². The average Bonchev–Trinajstić information content (AvgIpc) is 2.75. The summed E-state index contributed by atoms with van der Waals surface area (Å²) in [6.45, 7) is 3.93. The molecule has 4 heterocycles. The third kappa shape index (κ3) is 2.38. The molecule has 0 saturated carbocycles. The van der Waals surface area contributed by atoms with Crippen LogP contribution in [0.5, 0.6) is 5.75 Å². The van der Waals surface area contributed by atoms with E-state index in [1.807, 2.05) is 35.4 Å². The molecule has 1 N–H and O–H groups in total. The van der Waals surface area contributed by atoms with Gasteiger partial charge in [0.2, 0.25) is 0 Å². The van der Waals surface area contributed by atoms with E-state index in [1.54, 1.807) is 0 Å². The van der Waals surface area contributed by atoms with Gasteiger partial charge in [0.05, 0.1) is 0 Å². The first-order chi connectivity index (χ1) is 10.3. The molecule has 5 heteroatoms. The third-order valence-corrected chi connectivity index (χ3v) is 4.62. The number of aromatic nitrogens is 1. The molecule has 0 atom stereocenters. The largest absolute Gasteiger partial charge is 0.415 e. The maximum absolute atomic E-state index is 12.5. The number of nitrogens with zero attached hydrogens (tertiary/aromatic N) is 2. The monoisotopic (exact) mass is 285 g/mol. The Labute approximate surface area is 123 Å². The fourth-order valence-electron chi connectivity index (χ4n) is 3.38. The van der Waals surface area contributed by atoms with Gasteiger partial charge in [-0.2, -0.15) is 0 Å². The van der Waals surface area contributed by atoms with Crippen LogP contribution in [0.4, 0.5) is 4.79 Å². The molecule has 3 saturated heterocycles. The summed E-state index contributed by atoms with van der Waals surface area (Å²) in [5.41, 5.74) is 0.989. The van der Waals surface area contributed by atoms with Crippen LogP contribution in [0.15, 0.2) is 30.5 Å². The minimum absolute atomic E-state index is 0.213. The Morgan fingerprint density at radius 3 is 2.86 bits per heavy atom. The van der Waals surface area contributed by atoms with E-state index < -0.39 is 0 Å². The molecular formula is C16H19N3O2. The van der Waals surface area contributed by atoms with Crippen LogP contribution in [0.25, 0.3) is 10.9 Å². The average molecular weight is 285 g/mol. The number of fused-ring (bicyclic) bond motifs is 5. The number of amides is 1. The highest BCUT2D eigenvalue weighted by Crippen LogP contribution is 2.24.